The van der Waals surface area contributed by atoms with E-state index >= 15 is 0 Å². The van der Waals surface area contributed by atoms with Gasteiger partial charge in [-0.05, 0) is 24.1 Å². The number of amides is 1. The molecule has 122 valence electrons. The predicted molar refractivity (Wildman–Crippen MR) is 82.2 cm³/mol. The molecule has 0 saturated carbocycles. The molecule has 0 saturated heterocycles. The van der Waals surface area contributed by atoms with Crippen molar-refractivity contribution in [1.82, 2.24) is 5.32 Å². The molecule has 0 spiro atoms. The van der Waals surface area contributed by atoms with E-state index in [9.17, 15) is 9.59 Å². The number of ether oxygens (including phenoxy) is 2. The number of carboxylic acids is 1. The normalized spacial score (nSPS) is 12.0. The molecule has 0 heterocycles. The third-order valence-electron chi connectivity index (χ3n) is 2.89. The van der Waals surface area contributed by atoms with Crippen LogP contribution in [-0.2, 0) is 9.53 Å². The van der Waals surface area contributed by atoms with Crippen LogP contribution in [0.4, 0.5) is 0 Å². The Labute approximate surface area is 130 Å². The standard InChI is InChI=1S/C16H23NO5/c1-11(2)10-22-13-6-4-5-12(9-13)15(18)17-14(16(19)20)7-8-21-3/h4-6,9,11,14H,7-8,10H2,1-3H3,(H,17,18)(H,19,20). The van der Waals surface area contributed by atoms with E-state index in [0.29, 0.717) is 23.8 Å². The Balaban J connectivity index is 2.71. The van der Waals surface area contributed by atoms with Gasteiger partial charge in [0.05, 0.1) is 6.61 Å². The first-order valence-electron chi connectivity index (χ1n) is 7.19. The summed E-state index contributed by atoms with van der Waals surface area (Å²) in [6.07, 6.45) is 0.209. The molecule has 1 amide bonds. The molecule has 0 bridgehead atoms. The van der Waals surface area contributed by atoms with Crippen molar-refractivity contribution in [3.63, 3.8) is 0 Å². The number of nitrogens with one attached hydrogen (secondary N) is 1. The van der Waals surface area contributed by atoms with Crippen molar-refractivity contribution < 1.29 is 24.2 Å². The number of hydrogen-bond donors (Lipinski definition) is 2. The Morgan fingerprint density at radius 1 is 1.32 bits per heavy atom. The molecule has 1 aromatic carbocycles. The van der Waals surface area contributed by atoms with Crippen molar-refractivity contribution >= 4 is 11.9 Å². The Morgan fingerprint density at radius 2 is 2.05 bits per heavy atom. The number of carbonyl (C=O) groups excluding carboxylic acids is 1. The average molecular weight is 309 g/mol. The van der Waals surface area contributed by atoms with Gasteiger partial charge in [0, 0.05) is 25.7 Å². The lowest BCUT2D eigenvalue weighted by Gasteiger charge is -2.15. The Bertz CT molecular complexity index is 501. The molecule has 0 aromatic heterocycles. The molecule has 2 N–H and O–H groups in total. The smallest absolute Gasteiger partial charge is 0.326 e. The van der Waals surface area contributed by atoms with Crippen molar-refractivity contribution in [3.05, 3.63) is 29.8 Å². The summed E-state index contributed by atoms with van der Waals surface area (Å²) in [6, 6.07) is 5.71. The van der Waals surface area contributed by atoms with Crippen LogP contribution in [0.15, 0.2) is 24.3 Å². The molecule has 6 heteroatoms. The molecule has 0 aliphatic heterocycles. The van der Waals surface area contributed by atoms with Gasteiger partial charge in [-0.1, -0.05) is 19.9 Å². The summed E-state index contributed by atoms with van der Waals surface area (Å²) in [7, 11) is 1.48. The van der Waals surface area contributed by atoms with E-state index < -0.39 is 17.9 Å². The SMILES string of the molecule is COCCC(NC(=O)c1cccc(OCC(C)C)c1)C(=O)O. The van der Waals surface area contributed by atoms with Crippen LogP contribution < -0.4 is 10.1 Å². The van der Waals surface area contributed by atoms with Gasteiger partial charge in [-0.2, -0.15) is 0 Å². The maximum atomic E-state index is 12.1. The first-order chi connectivity index (χ1) is 10.4. The lowest BCUT2D eigenvalue weighted by molar-refractivity contribution is -0.139. The van der Waals surface area contributed by atoms with Crippen LogP contribution in [0.2, 0.25) is 0 Å². The number of carbonyl (C=O) groups is 2. The van der Waals surface area contributed by atoms with Gasteiger partial charge in [0.25, 0.3) is 5.91 Å². The molecule has 0 aliphatic carbocycles. The fourth-order valence-corrected chi connectivity index (χ4v) is 1.72. The van der Waals surface area contributed by atoms with Crippen LogP contribution in [0.5, 0.6) is 5.75 Å². The maximum Gasteiger partial charge on any atom is 0.326 e. The summed E-state index contributed by atoms with van der Waals surface area (Å²) < 4.78 is 10.4. The van der Waals surface area contributed by atoms with Gasteiger partial charge in [0.15, 0.2) is 0 Å². The number of rotatable bonds is 9. The number of aliphatic carboxylic acids is 1. The Kier molecular flexibility index (Phi) is 7.39. The van der Waals surface area contributed by atoms with E-state index in [1.54, 1.807) is 24.3 Å². The minimum absolute atomic E-state index is 0.209. The molecule has 1 unspecified atom stereocenters. The van der Waals surface area contributed by atoms with Crippen LogP contribution in [0.25, 0.3) is 0 Å². The van der Waals surface area contributed by atoms with Crippen molar-refractivity contribution in [1.29, 1.82) is 0 Å². The molecular weight excluding hydrogens is 286 g/mol. The van der Waals surface area contributed by atoms with E-state index in [4.69, 9.17) is 14.6 Å². The van der Waals surface area contributed by atoms with Gasteiger partial charge in [-0.25, -0.2) is 4.79 Å². The van der Waals surface area contributed by atoms with Gasteiger partial charge in [0.2, 0.25) is 0 Å². The van der Waals surface area contributed by atoms with Gasteiger partial charge in [0.1, 0.15) is 11.8 Å². The number of methoxy groups -OCH3 is 1. The van der Waals surface area contributed by atoms with Gasteiger partial charge < -0.3 is 19.9 Å². The van der Waals surface area contributed by atoms with Crippen molar-refractivity contribution in [2.24, 2.45) is 5.92 Å². The van der Waals surface area contributed by atoms with Crippen LogP contribution in [0.1, 0.15) is 30.6 Å². The second-order valence-electron chi connectivity index (χ2n) is 5.38. The first-order valence-corrected chi connectivity index (χ1v) is 7.19. The summed E-state index contributed by atoms with van der Waals surface area (Å²) in [5.74, 6) is -0.566. The van der Waals surface area contributed by atoms with Crippen LogP contribution in [0, 0.1) is 5.92 Å². The van der Waals surface area contributed by atoms with Crippen molar-refractivity contribution in [3.8, 4) is 5.75 Å². The molecule has 1 atom stereocenters. The minimum atomic E-state index is -1.09. The number of benzene rings is 1. The van der Waals surface area contributed by atoms with Crippen molar-refractivity contribution in [2.45, 2.75) is 26.3 Å². The highest BCUT2D eigenvalue weighted by molar-refractivity contribution is 5.96. The predicted octanol–water partition coefficient (Wildman–Crippen LogP) is 1.94. The van der Waals surface area contributed by atoms with Crippen LogP contribution >= 0.6 is 0 Å². The molecular formula is C16H23NO5. The highest BCUT2D eigenvalue weighted by atomic mass is 16.5. The Morgan fingerprint density at radius 3 is 2.64 bits per heavy atom. The number of carboxylic acid groups (broad SMARTS) is 1. The second kappa shape index (κ2) is 9.04. The zero-order chi connectivity index (χ0) is 16.5. The van der Waals surface area contributed by atoms with E-state index in [1.165, 1.54) is 7.11 Å². The molecule has 6 nitrogen and oxygen atoms in total. The van der Waals surface area contributed by atoms with E-state index in [-0.39, 0.29) is 13.0 Å². The molecule has 0 fully saturated rings. The van der Waals surface area contributed by atoms with Crippen molar-refractivity contribution in [2.75, 3.05) is 20.3 Å². The lowest BCUT2D eigenvalue weighted by Crippen LogP contribution is -2.41. The number of hydrogen-bond acceptors (Lipinski definition) is 4. The van der Waals surface area contributed by atoms with Gasteiger partial charge in [-0.3, -0.25) is 4.79 Å². The summed E-state index contributed by atoms with van der Waals surface area (Å²) in [4.78, 5) is 23.3. The minimum Gasteiger partial charge on any atom is -0.493 e. The summed E-state index contributed by atoms with van der Waals surface area (Å²) >= 11 is 0. The van der Waals surface area contributed by atoms with E-state index in [1.807, 2.05) is 13.8 Å². The molecule has 0 radical (unpaired) electrons. The van der Waals surface area contributed by atoms with Crippen LogP contribution in [0.3, 0.4) is 0 Å². The highest BCUT2D eigenvalue weighted by Gasteiger charge is 2.20. The molecule has 1 aromatic rings. The molecule has 0 aliphatic rings. The summed E-state index contributed by atoms with van der Waals surface area (Å²) in [5, 5.41) is 11.6. The molecule has 1 rings (SSSR count). The first kappa shape index (κ1) is 18.0. The monoisotopic (exact) mass is 309 g/mol. The van der Waals surface area contributed by atoms with Gasteiger partial charge >= 0.3 is 5.97 Å². The zero-order valence-corrected chi connectivity index (χ0v) is 13.2. The third kappa shape index (κ3) is 6.13. The van der Waals surface area contributed by atoms with E-state index in [0.717, 1.165) is 0 Å². The third-order valence-corrected chi connectivity index (χ3v) is 2.89. The average Bonchev–Trinajstić information content (AvgIpc) is 2.49. The topological polar surface area (TPSA) is 84.9 Å². The summed E-state index contributed by atoms with van der Waals surface area (Å²) in [6.45, 7) is 4.87. The fourth-order valence-electron chi connectivity index (χ4n) is 1.72. The fraction of sp³-hybridized carbons (Fsp3) is 0.500. The van der Waals surface area contributed by atoms with E-state index in [2.05, 4.69) is 5.32 Å². The maximum absolute atomic E-state index is 12.1. The molecule has 22 heavy (non-hydrogen) atoms. The van der Waals surface area contributed by atoms with Crippen LogP contribution in [-0.4, -0.2) is 43.3 Å². The summed E-state index contributed by atoms with van der Waals surface area (Å²) in [5.41, 5.74) is 0.366. The lowest BCUT2D eigenvalue weighted by atomic mass is 10.1. The largest absolute Gasteiger partial charge is 0.493 e. The quantitative estimate of drug-likeness (QED) is 0.728. The highest BCUT2D eigenvalue weighted by Crippen LogP contribution is 2.14. The van der Waals surface area contributed by atoms with Gasteiger partial charge in [-0.15, -0.1) is 0 Å². The Hall–Kier alpha value is -2.08. The second-order valence-corrected chi connectivity index (χ2v) is 5.38. The zero-order valence-electron chi connectivity index (χ0n) is 13.2.